The molecule has 2 aromatic carbocycles. The van der Waals surface area contributed by atoms with Crippen molar-refractivity contribution in [2.24, 2.45) is 0 Å². The minimum absolute atomic E-state index is 0.208. The Balaban J connectivity index is 2.00. The maximum atomic E-state index is 5.88. The summed E-state index contributed by atoms with van der Waals surface area (Å²) in [6.07, 6.45) is 3.00. The predicted octanol–water partition coefficient (Wildman–Crippen LogP) is 3.79. The van der Waals surface area contributed by atoms with Gasteiger partial charge < -0.3 is 10.5 Å². The van der Waals surface area contributed by atoms with E-state index in [1.54, 1.807) is 0 Å². The van der Waals surface area contributed by atoms with E-state index in [1.165, 1.54) is 0 Å². The maximum absolute atomic E-state index is 5.88. The van der Waals surface area contributed by atoms with Crippen LogP contribution in [0.3, 0.4) is 0 Å². The molecule has 0 saturated carbocycles. The molecule has 0 bridgehead atoms. The highest BCUT2D eigenvalue weighted by Crippen LogP contribution is 2.23. The van der Waals surface area contributed by atoms with Crippen molar-refractivity contribution in [1.82, 2.24) is 9.55 Å². The molecule has 0 aliphatic heterocycles. The molecular formula is C17H19N3O. The first-order valence-electron chi connectivity index (χ1n) is 7.17. The number of nitrogen functional groups attached to an aromatic ring is 1. The van der Waals surface area contributed by atoms with Gasteiger partial charge in [-0.25, -0.2) is 4.98 Å². The van der Waals surface area contributed by atoms with Crippen LogP contribution in [-0.2, 0) is 0 Å². The topological polar surface area (TPSA) is 53.1 Å². The van der Waals surface area contributed by atoms with Gasteiger partial charge in [0.05, 0.1) is 22.8 Å². The lowest BCUT2D eigenvalue weighted by Crippen LogP contribution is -2.09. The summed E-state index contributed by atoms with van der Waals surface area (Å²) in [5.41, 5.74) is 9.48. The summed E-state index contributed by atoms with van der Waals surface area (Å²) in [6.45, 7) is 4.18. The summed E-state index contributed by atoms with van der Waals surface area (Å²) in [6, 6.07) is 13.8. The van der Waals surface area contributed by atoms with E-state index in [1.807, 2.05) is 53.4 Å². The van der Waals surface area contributed by atoms with Crippen molar-refractivity contribution >= 4 is 16.7 Å². The summed E-state index contributed by atoms with van der Waals surface area (Å²) < 4.78 is 7.92. The van der Waals surface area contributed by atoms with Crippen molar-refractivity contribution in [2.75, 3.05) is 5.73 Å². The molecule has 0 spiro atoms. The van der Waals surface area contributed by atoms with Crippen LogP contribution in [0.2, 0.25) is 0 Å². The van der Waals surface area contributed by atoms with E-state index >= 15 is 0 Å². The number of rotatable bonds is 4. The van der Waals surface area contributed by atoms with Gasteiger partial charge in [-0.05, 0) is 43.7 Å². The number of hydrogen-bond acceptors (Lipinski definition) is 3. The van der Waals surface area contributed by atoms with Gasteiger partial charge in [0.25, 0.3) is 0 Å². The third-order valence-corrected chi connectivity index (χ3v) is 3.58. The van der Waals surface area contributed by atoms with Crippen LogP contribution in [-0.4, -0.2) is 15.7 Å². The quantitative estimate of drug-likeness (QED) is 0.740. The van der Waals surface area contributed by atoms with E-state index < -0.39 is 0 Å². The smallest absolute Gasteiger partial charge is 0.121 e. The molecule has 0 fully saturated rings. The Kier molecular flexibility index (Phi) is 3.52. The lowest BCUT2D eigenvalue weighted by atomic mass is 10.2. The van der Waals surface area contributed by atoms with Gasteiger partial charge in [0.15, 0.2) is 0 Å². The highest BCUT2D eigenvalue weighted by Gasteiger charge is 2.07. The Hall–Kier alpha value is -2.49. The molecule has 0 aliphatic rings. The third kappa shape index (κ3) is 2.70. The highest BCUT2D eigenvalue weighted by atomic mass is 16.5. The summed E-state index contributed by atoms with van der Waals surface area (Å²) in [4.78, 5) is 4.40. The van der Waals surface area contributed by atoms with Gasteiger partial charge in [-0.2, -0.15) is 0 Å². The molecule has 108 valence electrons. The molecule has 21 heavy (non-hydrogen) atoms. The van der Waals surface area contributed by atoms with Crippen LogP contribution in [0, 0.1) is 0 Å². The number of ether oxygens (including phenoxy) is 1. The predicted molar refractivity (Wildman–Crippen MR) is 85.9 cm³/mol. The molecule has 1 atom stereocenters. The van der Waals surface area contributed by atoms with E-state index in [4.69, 9.17) is 10.5 Å². The first-order chi connectivity index (χ1) is 10.2. The fourth-order valence-corrected chi connectivity index (χ4v) is 2.26. The molecule has 2 N–H and O–H groups in total. The average Bonchev–Trinajstić information content (AvgIpc) is 2.90. The Morgan fingerprint density at radius 1 is 1.24 bits per heavy atom. The average molecular weight is 281 g/mol. The van der Waals surface area contributed by atoms with E-state index in [9.17, 15) is 0 Å². The van der Waals surface area contributed by atoms with Gasteiger partial charge >= 0.3 is 0 Å². The SMILES string of the molecule is CCC(C)Oc1cccc(-n2cnc3cc(N)ccc32)c1. The standard InChI is InChI=1S/C17H19N3O/c1-3-12(2)21-15-6-4-5-14(10-15)20-11-19-16-9-13(18)7-8-17(16)20/h4-12H,3,18H2,1-2H3. The van der Waals surface area contributed by atoms with E-state index in [2.05, 4.69) is 18.8 Å². The fraction of sp³-hybridized carbons (Fsp3) is 0.235. The second kappa shape index (κ2) is 5.48. The number of fused-ring (bicyclic) bond motifs is 1. The van der Waals surface area contributed by atoms with E-state index in [-0.39, 0.29) is 6.10 Å². The molecule has 3 aromatic rings. The van der Waals surface area contributed by atoms with Crippen LogP contribution in [0.15, 0.2) is 48.8 Å². The first-order valence-corrected chi connectivity index (χ1v) is 7.17. The van der Waals surface area contributed by atoms with Crippen molar-refractivity contribution in [1.29, 1.82) is 0 Å². The molecule has 1 unspecified atom stereocenters. The van der Waals surface area contributed by atoms with Gasteiger partial charge in [-0.15, -0.1) is 0 Å². The molecule has 0 aliphatic carbocycles. The minimum Gasteiger partial charge on any atom is -0.491 e. The molecule has 4 heteroatoms. The molecule has 1 aromatic heterocycles. The monoisotopic (exact) mass is 281 g/mol. The number of benzene rings is 2. The normalized spacial score (nSPS) is 12.5. The summed E-state index contributed by atoms with van der Waals surface area (Å²) in [5.74, 6) is 0.874. The van der Waals surface area contributed by atoms with Crippen molar-refractivity contribution in [3.8, 4) is 11.4 Å². The minimum atomic E-state index is 0.208. The lowest BCUT2D eigenvalue weighted by Gasteiger charge is -2.13. The zero-order valence-corrected chi connectivity index (χ0v) is 12.3. The second-order valence-corrected chi connectivity index (χ2v) is 5.20. The highest BCUT2D eigenvalue weighted by molar-refractivity contribution is 5.80. The van der Waals surface area contributed by atoms with Gasteiger partial charge in [-0.3, -0.25) is 4.57 Å². The van der Waals surface area contributed by atoms with E-state index in [0.717, 1.165) is 34.6 Å². The third-order valence-electron chi connectivity index (χ3n) is 3.58. The maximum Gasteiger partial charge on any atom is 0.121 e. The summed E-state index contributed by atoms with van der Waals surface area (Å²) in [7, 11) is 0. The molecule has 4 nitrogen and oxygen atoms in total. The van der Waals surface area contributed by atoms with Crippen molar-refractivity contribution in [3.63, 3.8) is 0 Å². The van der Waals surface area contributed by atoms with Crippen molar-refractivity contribution < 1.29 is 4.74 Å². The Bertz CT molecular complexity index is 764. The fourth-order valence-electron chi connectivity index (χ4n) is 2.26. The van der Waals surface area contributed by atoms with Crippen LogP contribution in [0.1, 0.15) is 20.3 Å². The molecule has 3 rings (SSSR count). The number of imidazole rings is 1. The van der Waals surface area contributed by atoms with Crippen LogP contribution in [0.4, 0.5) is 5.69 Å². The second-order valence-electron chi connectivity index (χ2n) is 5.20. The first kappa shape index (κ1) is 13.5. The molecule has 0 radical (unpaired) electrons. The zero-order valence-electron chi connectivity index (χ0n) is 12.3. The van der Waals surface area contributed by atoms with E-state index in [0.29, 0.717) is 0 Å². The van der Waals surface area contributed by atoms with Gasteiger partial charge in [0.2, 0.25) is 0 Å². The number of aromatic nitrogens is 2. The number of anilines is 1. The summed E-state index contributed by atoms with van der Waals surface area (Å²) in [5, 5.41) is 0. The van der Waals surface area contributed by atoms with Crippen LogP contribution >= 0.6 is 0 Å². The Labute approximate surface area is 124 Å². The zero-order chi connectivity index (χ0) is 14.8. The largest absolute Gasteiger partial charge is 0.491 e. The van der Waals surface area contributed by atoms with Crippen molar-refractivity contribution in [3.05, 3.63) is 48.8 Å². The van der Waals surface area contributed by atoms with Crippen molar-refractivity contribution in [2.45, 2.75) is 26.4 Å². The molecule has 0 amide bonds. The van der Waals surface area contributed by atoms with Crippen LogP contribution < -0.4 is 10.5 Å². The summed E-state index contributed by atoms with van der Waals surface area (Å²) >= 11 is 0. The van der Waals surface area contributed by atoms with Gasteiger partial charge in [-0.1, -0.05) is 13.0 Å². The Morgan fingerprint density at radius 3 is 2.90 bits per heavy atom. The van der Waals surface area contributed by atoms with Crippen LogP contribution in [0.5, 0.6) is 5.75 Å². The Morgan fingerprint density at radius 2 is 2.10 bits per heavy atom. The van der Waals surface area contributed by atoms with Gasteiger partial charge in [0.1, 0.15) is 12.1 Å². The number of hydrogen-bond donors (Lipinski definition) is 1. The van der Waals surface area contributed by atoms with Crippen LogP contribution in [0.25, 0.3) is 16.7 Å². The molecular weight excluding hydrogens is 262 g/mol. The molecule has 1 heterocycles. The number of nitrogens with two attached hydrogens (primary N) is 1. The number of nitrogens with zero attached hydrogens (tertiary/aromatic N) is 2. The lowest BCUT2D eigenvalue weighted by molar-refractivity contribution is 0.217. The van der Waals surface area contributed by atoms with Gasteiger partial charge in [0, 0.05) is 11.8 Å². The molecule has 0 saturated heterocycles.